The Kier molecular flexibility index (Phi) is 4.59. The van der Waals surface area contributed by atoms with E-state index in [9.17, 15) is 9.59 Å². The highest BCUT2D eigenvalue weighted by Gasteiger charge is 2.20. The first-order valence-electron chi connectivity index (χ1n) is 4.78. The van der Waals surface area contributed by atoms with Gasteiger partial charge in [-0.1, -0.05) is 0 Å². The summed E-state index contributed by atoms with van der Waals surface area (Å²) in [5.74, 6) is -1.33. The zero-order chi connectivity index (χ0) is 12.8. The van der Waals surface area contributed by atoms with Gasteiger partial charge in [0.25, 0.3) is 0 Å². The van der Waals surface area contributed by atoms with E-state index < -0.39 is 11.9 Å². The SMILES string of the molecule is COCc1cnc(C(=O)OC)c(C(=O)OC)c1. The molecule has 0 unspecified atom stereocenters. The number of hydrogen-bond donors (Lipinski definition) is 0. The summed E-state index contributed by atoms with van der Waals surface area (Å²) in [7, 11) is 3.96. The predicted octanol–water partition coefficient (Wildman–Crippen LogP) is 0.801. The van der Waals surface area contributed by atoms with E-state index in [1.54, 1.807) is 0 Å². The van der Waals surface area contributed by atoms with Crippen molar-refractivity contribution in [3.63, 3.8) is 0 Å². The molecule has 1 heterocycles. The van der Waals surface area contributed by atoms with Crippen molar-refractivity contribution >= 4 is 11.9 Å². The van der Waals surface area contributed by atoms with Crippen molar-refractivity contribution in [2.45, 2.75) is 6.61 Å². The number of aromatic nitrogens is 1. The molecule has 0 radical (unpaired) electrons. The highest BCUT2D eigenvalue weighted by atomic mass is 16.5. The molecule has 0 fully saturated rings. The van der Waals surface area contributed by atoms with Crippen LogP contribution in [0.5, 0.6) is 0 Å². The summed E-state index contributed by atoms with van der Waals surface area (Å²) in [6.07, 6.45) is 1.45. The summed E-state index contributed by atoms with van der Waals surface area (Å²) < 4.78 is 14.0. The van der Waals surface area contributed by atoms with E-state index in [-0.39, 0.29) is 11.3 Å². The summed E-state index contributed by atoms with van der Waals surface area (Å²) in [6.45, 7) is 0.290. The standard InChI is InChI=1S/C11H13NO5/c1-15-6-7-4-8(10(13)16-2)9(12-5-7)11(14)17-3/h4-5H,6H2,1-3H3. The first-order chi connectivity index (χ1) is 8.13. The van der Waals surface area contributed by atoms with Gasteiger partial charge in [-0.2, -0.15) is 0 Å². The van der Waals surface area contributed by atoms with Crippen LogP contribution in [-0.2, 0) is 20.8 Å². The maximum Gasteiger partial charge on any atom is 0.357 e. The second-order valence-corrected chi connectivity index (χ2v) is 3.16. The molecule has 17 heavy (non-hydrogen) atoms. The molecule has 0 saturated heterocycles. The Morgan fingerprint density at radius 3 is 2.35 bits per heavy atom. The Bertz CT molecular complexity index is 430. The van der Waals surface area contributed by atoms with Crippen LogP contribution >= 0.6 is 0 Å². The minimum atomic E-state index is -0.686. The van der Waals surface area contributed by atoms with Crippen LogP contribution in [0.1, 0.15) is 26.4 Å². The lowest BCUT2D eigenvalue weighted by Gasteiger charge is -2.07. The number of ether oxygens (including phenoxy) is 3. The molecule has 0 atom stereocenters. The molecule has 0 N–H and O–H groups in total. The van der Waals surface area contributed by atoms with Gasteiger partial charge in [0, 0.05) is 13.3 Å². The molecule has 1 rings (SSSR count). The fraction of sp³-hybridized carbons (Fsp3) is 0.364. The summed E-state index contributed by atoms with van der Waals surface area (Å²) >= 11 is 0. The van der Waals surface area contributed by atoms with E-state index in [1.165, 1.54) is 33.6 Å². The number of hydrogen-bond acceptors (Lipinski definition) is 6. The molecule has 0 amide bonds. The van der Waals surface area contributed by atoms with Crippen molar-refractivity contribution < 1.29 is 23.8 Å². The minimum absolute atomic E-state index is 0.0638. The smallest absolute Gasteiger partial charge is 0.357 e. The fourth-order valence-electron chi connectivity index (χ4n) is 1.28. The van der Waals surface area contributed by atoms with E-state index in [0.717, 1.165) is 0 Å². The van der Waals surface area contributed by atoms with Gasteiger partial charge in [0.05, 0.1) is 26.4 Å². The lowest BCUT2D eigenvalue weighted by atomic mass is 10.1. The summed E-state index contributed by atoms with van der Waals surface area (Å²) in [4.78, 5) is 26.8. The van der Waals surface area contributed by atoms with Gasteiger partial charge in [0.15, 0.2) is 5.69 Å². The molecule has 0 spiro atoms. The fourth-order valence-corrected chi connectivity index (χ4v) is 1.28. The molecule has 0 bridgehead atoms. The van der Waals surface area contributed by atoms with Gasteiger partial charge in [-0.05, 0) is 11.6 Å². The average Bonchev–Trinajstić information content (AvgIpc) is 2.37. The zero-order valence-corrected chi connectivity index (χ0v) is 9.85. The molecule has 92 valence electrons. The quantitative estimate of drug-likeness (QED) is 0.723. The number of carbonyl (C=O) groups excluding carboxylic acids is 2. The van der Waals surface area contributed by atoms with E-state index >= 15 is 0 Å². The molecular formula is C11H13NO5. The third-order valence-electron chi connectivity index (χ3n) is 2.04. The van der Waals surface area contributed by atoms with Crippen LogP contribution in [0.3, 0.4) is 0 Å². The Labute approximate surface area is 98.5 Å². The highest BCUT2D eigenvalue weighted by molar-refractivity contribution is 6.01. The van der Waals surface area contributed by atoms with Crippen LogP contribution in [0.4, 0.5) is 0 Å². The number of rotatable bonds is 4. The monoisotopic (exact) mass is 239 g/mol. The van der Waals surface area contributed by atoms with Crippen LogP contribution in [0.2, 0.25) is 0 Å². The van der Waals surface area contributed by atoms with Crippen molar-refractivity contribution in [3.05, 3.63) is 29.1 Å². The number of pyridine rings is 1. The molecule has 0 aliphatic carbocycles. The lowest BCUT2D eigenvalue weighted by Crippen LogP contribution is -2.14. The number of nitrogens with zero attached hydrogens (tertiary/aromatic N) is 1. The largest absolute Gasteiger partial charge is 0.465 e. The van der Waals surface area contributed by atoms with E-state index in [0.29, 0.717) is 12.2 Å². The highest BCUT2D eigenvalue weighted by Crippen LogP contribution is 2.12. The molecule has 6 nitrogen and oxygen atoms in total. The van der Waals surface area contributed by atoms with Gasteiger partial charge in [0.1, 0.15) is 0 Å². The topological polar surface area (TPSA) is 74.7 Å². The van der Waals surface area contributed by atoms with E-state index in [1.807, 2.05) is 0 Å². The van der Waals surface area contributed by atoms with E-state index in [4.69, 9.17) is 4.74 Å². The normalized spacial score (nSPS) is 9.82. The molecule has 0 aliphatic heterocycles. The molecule has 0 aliphatic rings. The lowest BCUT2D eigenvalue weighted by molar-refractivity contribution is 0.0549. The number of esters is 2. The van der Waals surface area contributed by atoms with Crippen molar-refractivity contribution in [2.24, 2.45) is 0 Å². The Hall–Kier alpha value is -1.95. The first-order valence-corrected chi connectivity index (χ1v) is 4.78. The second kappa shape index (κ2) is 5.95. The minimum Gasteiger partial charge on any atom is -0.465 e. The third-order valence-corrected chi connectivity index (χ3v) is 2.04. The van der Waals surface area contributed by atoms with Crippen LogP contribution in [0, 0.1) is 0 Å². The number of carbonyl (C=O) groups is 2. The van der Waals surface area contributed by atoms with Crippen LogP contribution in [0.25, 0.3) is 0 Å². The van der Waals surface area contributed by atoms with Crippen LogP contribution < -0.4 is 0 Å². The second-order valence-electron chi connectivity index (χ2n) is 3.16. The molecule has 1 aromatic rings. The van der Waals surface area contributed by atoms with Gasteiger partial charge in [0.2, 0.25) is 0 Å². The van der Waals surface area contributed by atoms with Gasteiger partial charge in [-0.15, -0.1) is 0 Å². The van der Waals surface area contributed by atoms with Crippen LogP contribution in [0.15, 0.2) is 12.3 Å². The maximum absolute atomic E-state index is 11.5. The Morgan fingerprint density at radius 2 is 1.82 bits per heavy atom. The maximum atomic E-state index is 11.5. The predicted molar refractivity (Wildman–Crippen MR) is 57.6 cm³/mol. The molecule has 6 heteroatoms. The Morgan fingerprint density at radius 1 is 1.18 bits per heavy atom. The molecular weight excluding hydrogens is 226 g/mol. The van der Waals surface area contributed by atoms with Crippen LogP contribution in [-0.4, -0.2) is 38.3 Å². The summed E-state index contributed by atoms with van der Waals surface area (Å²) in [5, 5.41) is 0. The average molecular weight is 239 g/mol. The zero-order valence-electron chi connectivity index (χ0n) is 9.85. The van der Waals surface area contributed by atoms with Crippen molar-refractivity contribution in [1.82, 2.24) is 4.98 Å². The molecule has 0 saturated carbocycles. The Balaban J connectivity index is 3.21. The van der Waals surface area contributed by atoms with E-state index in [2.05, 4.69) is 14.5 Å². The van der Waals surface area contributed by atoms with Crippen molar-refractivity contribution in [2.75, 3.05) is 21.3 Å². The van der Waals surface area contributed by atoms with Gasteiger partial charge in [-0.25, -0.2) is 14.6 Å². The first kappa shape index (κ1) is 13.1. The van der Waals surface area contributed by atoms with Gasteiger partial charge < -0.3 is 14.2 Å². The molecule has 1 aromatic heterocycles. The molecule has 0 aromatic carbocycles. The summed E-state index contributed by atoms with van der Waals surface area (Å²) in [5.41, 5.74) is 0.661. The summed E-state index contributed by atoms with van der Waals surface area (Å²) in [6, 6.07) is 1.49. The third kappa shape index (κ3) is 3.01. The van der Waals surface area contributed by atoms with Crippen molar-refractivity contribution in [1.29, 1.82) is 0 Å². The van der Waals surface area contributed by atoms with Gasteiger partial charge >= 0.3 is 11.9 Å². The van der Waals surface area contributed by atoms with Crippen molar-refractivity contribution in [3.8, 4) is 0 Å². The van der Waals surface area contributed by atoms with Gasteiger partial charge in [-0.3, -0.25) is 0 Å². The number of methoxy groups -OCH3 is 3.